The van der Waals surface area contributed by atoms with Crippen LogP contribution in [0.15, 0.2) is 72.8 Å². The lowest BCUT2D eigenvalue weighted by Gasteiger charge is -2.14. The molecule has 4 nitrogen and oxygen atoms in total. The van der Waals surface area contributed by atoms with E-state index in [9.17, 15) is 18.0 Å². The Labute approximate surface area is 177 Å². The molecule has 0 fully saturated rings. The summed E-state index contributed by atoms with van der Waals surface area (Å²) in [7, 11) is 0. The Bertz CT molecular complexity index is 1070. The summed E-state index contributed by atoms with van der Waals surface area (Å²) in [5.74, 6) is 0.528. The van der Waals surface area contributed by atoms with E-state index in [4.69, 9.17) is 9.47 Å². The summed E-state index contributed by atoms with van der Waals surface area (Å²) in [4.78, 5) is 12.0. The maximum Gasteiger partial charge on any atom is 0.416 e. The minimum absolute atomic E-state index is 0.0390. The van der Waals surface area contributed by atoms with E-state index in [-0.39, 0.29) is 6.61 Å². The number of fused-ring (bicyclic) bond motifs is 1. The van der Waals surface area contributed by atoms with Gasteiger partial charge in [0.15, 0.2) is 0 Å². The number of nitrogens with one attached hydrogen (secondary N) is 1. The van der Waals surface area contributed by atoms with Crippen molar-refractivity contribution in [3.05, 3.63) is 89.5 Å². The van der Waals surface area contributed by atoms with Crippen molar-refractivity contribution in [3.63, 3.8) is 0 Å². The van der Waals surface area contributed by atoms with Crippen LogP contribution in [0, 0.1) is 0 Å². The molecule has 3 aromatic carbocycles. The molecule has 1 N–H and O–H groups in total. The van der Waals surface area contributed by atoms with Crippen molar-refractivity contribution in [2.45, 2.75) is 25.2 Å². The monoisotopic (exact) mass is 427 g/mol. The molecule has 0 bridgehead atoms. The third-order valence-corrected chi connectivity index (χ3v) is 5.01. The van der Waals surface area contributed by atoms with E-state index in [1.54, 1.807) is 18.2 Å². The van der Waals surface area contributed by atoms with E-state index < -0.39 is 23.9 Å². The first-order valence-electron chi connectivity index (χ1n) is 9.81. The zero-order valence-corrected chi connectivity index (χ0v) is 16.5. The number of hydrogen-bond donors (Lipinski definition) is 1. The first-order chi connectivity index (χ1) is 14.9. The normalized spacial score (nSPS) is 15.1. The van der Waals surface area contributed by atoms with Crippen LogP contribution in [0.1, 0.15) is 16.7 Å². The quantitative estimate of drug-likeness (QED) is 0.576. The van der Waals surface area contributed by atoms with E-state index in [1.165, 1.54) is 6.07 Å². The largest absolute Gasteiger partial charge is 0.486 e. The van der Waals surface area contributed by atoms with Crippen molar-refractivity contribution in [1.29, 1.82) is 0 Å². The molecule has 1 unspecified atom stereocenters. The number of benzene rings is 3. The van der Waals surface area contributed by atoms with Gasteiger partial charge < -0.3 is 14.8 Å². The van der Waals surface area contributed by atoms with Crippen molar-refractivity contribution >= 4 is 6.09 Å². The maximum absolute atomic E-state index is 13.1. The van der Waals surface area contributed by atoms with Crippen LogP contribution in [-0.2, 0) is 23.9 Å². The lowest BCUT2D eigenvalue weighted by molar-refractivity contribution is -0.137. The molecule has 31 heavy (non-hydrogen) atoms. The Morgan fingerprint density at radius 3 is 2.58 bits per heavy atom. The number of halogens is 3. The molecule has 7 heteroatoms. The van der Waals surface area contributed by atoms with Crippen molar-refractivity contribution in [3.8, 4) is 16.9 Å². The minimum atomic E-state index is -4.42. The van der Waals surface area contributed by atoms with Gasteiger partial charge in [0.25, 0.3) is 0 Å². The maximum atomic E-state index is 13.1. The molecule has 0 saturated carbocycles. The molecule has 0 aromatic heterocycles. The summed E-state index contributed by atoms with van der Waals surface area (Å²) in [6.45, 7) is 0.391. The number of hydrogen-bond acceptors (Lipinski definition) is 3. The van der Waals surface area contributed by atoms with Crippen LogP contribution in [0.5, 0.6) is 5.75 Å². The first kappa shape index (κ1) is 20.8. The molecular weight excluding hydrogens is 407 g/mol. The zero-order chi connectivity index (χ0) is 21.8. The third-order valence-electron chi connectivity index (χ3n) is 5.01. The molecule has 1 aliphatic heterocycles. The highest BCUT2D eigenvalue weighted by molar-refractivity contribution is 5.73. The number of alkyl carbamates (subject to hydrolysis) is 1. The number of rotatable bonds is 5. The van der Waals surface area contributed by atoms with Gasteiger partial charge in [-0.1, -0.05) is 60.7 Å². The number of carbonyl (C=O) groups excluding carboxylic acids is 1. The standard InChI is InChI=1S/C24H20F3NO3/c25-24(26,27)19-10-4-8-17(12-19)21-11-5-9-18-13-20(31-22(18)21)15-30-23(29)28-14-16-6-2-1-3-7-16/h1-12,20H,13-15H2,(H,28,29). The zero-order valence-electron chi connectivity index (χ0n) is 16.5. The Hall–Kier alpha value is -3.48. The molecule has 1 amide bonds. The molecule has 160 valence electrons. The molecule has 0 aliphatic carbocycles. The first-order valence-corrected chi connectivity index (χ1v) is 9.81. The molecule has 0 saturated heterocycles. The fourth-order valence-corrected chi connectivity index (χ4v) is 3.51. The molecule has 0 spiro atoms. The molecule has 1 atom stereocenters. The van der Waals surface area contributed by atoms with Gasteiger partial charge in [0, 0.05) is 18.5 Å². The summed E-state index contributed by atoms with van der Waals surface area (Å²) in [5, 5.41) is 2.68. The van der Waals surface area contributed by atoms with E-state index >= 15 is 0 Å². The third kappa shape index (κ3) is 4.99. The van der Waals surface area contributed by atoms with Gasteiger partial charge in [-0.25, -0.2) is 4.79 Å². The van der Waals surface area contributed by atoms with E-state index in [0.717, 1.165) is 23.3 Å². The van der Waals surface area contributed by atoms with Crippen LogP contribution in [0.4, 0.5) is 18.0 Å². The van der Waals surface area contributed by atoms with Crippen LogP contribution in [-0.4, -0.2) is 18.8 Å². The lowest BCUT2D eigenvalue weighted by Crippen LogP contribution is -2.29. The van der Waals surface area contributed by atoms with Gasteiger partial charge in [-0.05, 0) is 28.8 Å². The van der Waals surface area contributed by atoms with Crippen molar-refractivity contribution in [2.24, 2.45) is 0 Å². The van der Waals surface area contributed by atoms with Crippen molar-refractivity contribution < 1.29 is 27.4 Å². The topological polar surface area (TPSA) is 47.6 Å². The van der Waals surface area contributed by atoms with Gasteiger partial charge in [-0.2, -0.15) is 13.2 Å². The van der Waals surface area contributed by atoms with Gasteiger partial charge in [0.2, 0.25) is 0 Å². The Morgan fingerprint density at radius 2 is 1.81 bits per heavy atom. The average molecular weight is 427 g/mol. The van der Waals surface area contributed by atoms with Gasteiger partial charge in [0.1, 0.15) is 18.5 Å². The molecule has 4 rings (SSSR count). The van der Waals surface area contributed by atoms with Gasteiger partial charge in [-0.15, -0.1) is 0 Å². The fraction of sp³-hybridized carbons (Fsp3) is 0.208. The number of ether oxygens (including phenoxy) is 2. The molecule has 0 radical (unpaired) electrons. The van der Waals surface area contributed by atoms with Crippen LogP contribution < -0.4 is 10.1 Å². The Morgan fingerprint density at radius 1 is 1.03 bits per heavy atom. The van der Waals surface area contributed by atoms with E-state index in [1.807, 2.05) is 36.4 Å². The number of alkyl halides is 3. The molecular formula is C24H20F3NO3. The van der Waals surface area contributed by atoms with Crippen LogP contribution >= 0.6 is 0 Å². The van der Waals surface area contributed by atoms with Gasteiger partial charge >= 0.3 is 12.3 Å². The fourth-order valence-electron chi connectivity index (χ4n) is 3.51. The van der Waals surface area contributed by atoms with E-state index in [2.05, 4.69) is 5.32 Å². The minimum Gasteiger partial charge on any atom is -0.486 e. The average Bonchev–Trinajstić information content (AvgIpc) is 3.20. The summed E-state index contributed by atoms with van der Waals surface area (Å²) in [6.07, 6.45) is -4.86. The smallest absolute Gasteiger partial charge is 0.416 e. The predicted molar refractivity (Wildman–Crippen MR) is 110 cm³/mol. The molecule has 1 aliphatic rings. The second-order valence-corrected chi connectivity index (χ2v) is 7.25. The van der Waals surface area contributed by atoms with Crippen LogP contribution in [0.3, 0.4) is 0 Å². The van der Waals surface area contributed by atoms with E-state index in [0.29, 0.717) is 29.8 Å². The Balaban J connectivity index is 1.39. The number of amides is 1. The molecule has 1 heterocycles. The Kier molecular flexibility index (Phi) is 5.84. The second-order valence-electron chi connectivity index (χ2n) is 7.25. The van der Waals surface area contributed by atoms with Gasteiger partial charge in [-0.3, -0.25) is 0 Å². The van der Waals surface area contributed by atoms with Crippen LogP contribution in [0.2, 0.25) is 0 Å². The van der Waals surface area contributed by atoms with Crippen LogP contribution in [0.25, 0.3) is 11.1 Å². The number of carbonyl (C=O) groups is 1. The van der Waals surface area contributed by atoms with Crippen molar-refractivity contribution in [1.82, 2.24) is 5.32 Å². The summed E-state index contributed by atoms with van der Waals surface area (Å²) < 4.78 is 50.5. The van der Waals surface area contributed by atoms with Gasteiger partial charge in [0.05, 0.1) is 5.56 Å². The highest BCUT2D eigenvalue weighted by atomic mass is 19.4. The highest BCUT2D eigenvalue weighted by Gasteiger charge is 2.31. The highest BCUT2D eigenvalue weighted by Crippen LogP contribution is 2.40. The summed E-state index contributed by atoms with van der Waals surface area (Å²) in [5.41, 5.74) is 2.12. The number of para-hydroxylation sites is 1. The lowest BCUT2D eigenvalue weighted by atomic mass is 9.99. The molecule has 3 aromatic rings. The van der Waals surface area contributed by atoms with Crippen molar-refractivity contribution in [2.75, 3.05) is 6.61 Å². The summed E-state index contributed by atoms with van der Waals surface area (Å²) in [6, 6.07) is 20.0. The predicted octanol–water partition coefficient (Wildman–Crippen LogP) is 5.60. The second kappa shape index (κ2) is 8.71. The SMILES string of the molecule is O=C(NCc1ccccc1)OCC1Cc2cccc(-c3cccc(C(F)(F)F)c3)c2O1. The summed E-state index contributed by atoms with van der Waals surface area (Å²) >= 11 is 0.